The molecule has 0 saturated carbocycles. The highest BCUT2D eigenvalue weighted by molar-refractivity contribution is 7.98. The Hall–Kier alpha value is -9.92. The van der Waals surface area contributed by atoms with Crippen LogP contribution >= 0.6 is 11.8 Å². The van der Waals surface area contributed by atoms with Gasteiger partial charge in [0.25, 0.3) is 0 Å². The maximum Gasteiger partial charge on any atom is 0.328 e. The standard InChI is InChI=1S/C74H126N18O24S/c1-37(2)27-49(87-72(113)55(35-94)90-70(111)53(31-42-17-19-43(97)20-18-42)88-68(109)50(28-38(3)4)84-63(104)45(15-11-13-24-75)80-58(99)33-79-62(103)48(23-26-117-10)81-61(102)44(77)34-93)66(107)82-46(16-12-14-25-76)64(105)83-47(21-22-57(78)98)65(106)89-54(32-59(100)101)71(112)86-51(29-39(5)6)67(108)85-52(30-40(7)8)69(110)91-56(36-95)73(114)92-60(41(9)96)74(115)116/h17-20,37-41,44-56,60,93-97H,11-16,21-36,75-77H2,1-10H3,(H2,78,98)(H,79,103)(H,80,99)(H,81,102)(H,82,107)(H,83,105)(H,84,104)(H,85,108)(H,86,112)(H,87,113)(H,88,109)(H,89,106)(H,90,111)(H,91,110)(H,92,114)(H,100,101)(H,115,116)/t41-,44+,45+,46+,47+,48+,49+,50+,51+,52+,53+,54+,55+,56+,60+/m1/s1. The first-order valence-electron chi connectivity index (χ1n) is 38.8. The number of aromatic hydroxyl groups is 1. The summed E-state index contributed by atoms with van der Waals surface area (Å²) in [6.45, 7) is 11.2. The highest BCUT2D eigenvalue weighted by Crippen LogP contribution is 2.17. The van der Waals surface area contributed by atoms with Crippen LogP contribution in [0.15, 0.2) is 24.3 Å². The van der Waals surface area contributed by atoms with Gasteiger partial charge in [0.1, 0.15) is 84.3 Å². The number of rotatable bonds is 59. The van der Waals surface area contributed by atoms with Crippen LogP contribution in [0.4, 0.5) is 0 Å². The van der Waals surface area contributed by atoms with Gasteiger partial charge in [-0.25, -0.2) is 4.79 Å². The summed E-state index contributed by atoms with van der Waals surface area (Å²) in [5, 5.41) is 104. The van der Waals surface area contributed by atoms with Gasteiger partial charge in [-0.2, -0.15) is 11.8 Å². The second-order valence-electron chi connectivity index (χ2n) is 30.1. The van der Waals surface area contributed by atoms with Crippen molar-refractivity contribution in [3.8, 4) is 5.75 Å². The molecule has 1 rings (SSSR count). The highest BCUT2D eigenvalue weighted by Gasteiger charge is 2.39. The van der Waals surface area contributed by atoms with Crippen LogP contribution in [-0.2, 0) is 87.9 Å². The number of amides is 15. The van der Waals surface area contributed by atoms with E-state index < -0.39 is 249 Å². The van der Waals surface area contributed by atoms with Crippen molar-refractivity contribution >= 4 is 112 Å². The van der Waals surface area contributed by atoms with E-state index in [-0.39, 0.29) is 94.9 Å². The fourth-order valence-corrected chi connectivity index (χ4v) is 12.0. The van der Waals surface area contributed by atoms with Crippen LogP contribution < -0.4 is 97.4 Å². The van der Waals surface area contributed by atoms with Gasteiger partial charge < -0.3 is 133 Å². The van der Waals surface area contributed by atoms with Crippen molar-refractivity contribution in [3.05, 3.63) is 29.8 Å². The number of nitrogens with two attached hydrogens (primary N) is 4. The lowest BCUT2D eigenvalue weighted by atomic mass is 9.99. The molecule has 0 unspecified atom stereocenters. The first-order valence-corrected chi connectivity index (χ1v) is 40.2. The van der Waals surface area contributed by atoms with Gasteiger partial charge >= 0.3 is 11.9 Å². The molecule has 0 saturated heterocycles. The third-order valence-electron chi connectivity index (χ3n) is 17.7. The molecule has 0 spiro atoms. The molecule has 0 fully saturated rings. The van der Waals surface area contributed by atoms with Gasteiger partial charge in [0, 0.05) is 12.8 Å². The van der Waals surface area contributed by atoms with Crippen molar-refractivity contribution in [1.29, 1.82) is 0 Å². The molecule has 42 nitrogen and oxygen atoms in total. The number of aliphatic hydroxyl groups excluding tert-OH is 4. The lowest BCUT2D eigenvalue weighted by Gasteiger charge is -2.29. The van der Waals surface area contributed by atoms with Crippen LogP contribution in [0.2, 0.25) is 0 Å². The predicted molar refractivity (Wildman–Crippen MR) is 426 cm³/mol. The number of hydrogen-bond acceptors (Lipinski definition) is 26. The van der Waals surface area contributed by atoms with E-state index in [9.17, 15) is 117 Å². The van der Waals surface area contributed by atoms with Crippen molar-refractivity contribution in [2.45, 2.75) is 249 Å². The summed E-state index contributed by atoms with van der Waals surface area (Å²) >= 11 is 1.37. The molecule has 1 aromatic rings. The molecule has 0 aliphatic carbocycles. The van der Waals surface area contributed by atoms with E-state index in [1.807, 2.05) is 5.32 Å². The van der Waals surface area contributed by atoms with E-state index in [4.69, 9.17) is 22.9 Å². The maximum absolute atomic E-state index is 14.6. The Bertz CT molecular complexity index is 3430. The first kappa shape index (κ1) is 105. The van der Waals surface area contributed by atoms with Crippen molar-refractivity contribution in [2.24, 2.45) is 46.6 Å². The Kier molecular flexibility index (Phi) is 50.0. The van der Waals surface area contributed by atoms with E-state index >= 15 is 0 Å². The molecule has 0 aliphatic rings. The molecular formula is C74H126N18O24S. The summed E-state index contributed by atoms with van der Waals surface area (Å²) in [6.07, 6.45) is -2.01. The third kappa shape index (κ3) is 41.7. The number of benzene rings is 1. The van der Waals surface area contributed by atoms with E-state index in [0.29, 0.717) is 24.2 Å². The number of carbonyl (C=O) groups is 17. The summed E-state index contributed by atoms with van der Waals surface area (Å²) in [7, 11) is 0. The maximum atomic E-state index is 14.6. The van der Waals surface area contributed by atoms with Crippen LogP contribution in [0.1, 0.15) is 158 Å². The smallest absolute Gasteiger partial charge is 0.328 e. The highest BCUT2D eigenvalue weighted by atomic mass is 32.2. The minimum atomic E-state index is -2.05. The number of phenolic OH excluding ortho intramolecular Hbond substituents is 1. The average Bonchev–Trinajstić information content (AvgIpc) is 0.853. The zero-order valence-electron chi connectivity index (χ0n) is 68.1. The molecule has 0 radical (unpaired) electrons. The summed E-state index contributed by atoms with van der Waals surface area (Å²) in [4.78, 5) is 232. The lowest BCUT2D eigenvalue weighted by Crippen LogP contribution is -2.61. The largest absolute Gasteiger partial charge is 0.508 e. The number of nitrogens with one attached hydrogen (secondary N) is 14. The number of carboxylic acids is 2. The van der Waals surface area contributed by atoms with Gasteiger partial charge in [0.2, 0.25) is 88.6 Å². The molecule has 0 bridgehead atoms. The number of carbonyl (C=O) groups excluding carboxylic acids is 15. The predicted octanol–water partition coefficient (Wildman–Crippen LogP) is -6.94. The van der Waals surface area contributed by atoms with E-state index in [0.717, 1.165) is 6.92 Å². The Morgan fingerprint density at radius 2 is 0.735 bits per heavy atom. The lowest BCUT2D eigenvalue weighted by molar-refractivity contribution is -0.145. The van der Waals surface area contributed by atoms with Crippen LogP contribution in [0.3, 0.4) is 0 Å². The summed E-state index contributed by atoms with van der Waals surface area (Å²) in [6, 6.07) is -17.1. The topological polar surface area (TPSA) is 704 Å². The molecule has 0 heterocycles. The Balaban J connectivity index is 3.71. The molecule has 1 aromatic carbocycles. The molecule has 0 aliphatic heterocycles. The second kappa shape index (κ2) is 55.6. The second-order valence-corrected chi connectivity index (χ2v) is 31.1. The van der Waals surface area contributed by atoms with Crippen LogP contribution in [-0.4, -0.2) is 278 Å². The molecule has 662 valence electrons. The van der Waals surface area contributed by atoms with E-state index in [2.05, 4.69) is 69.1 Å². The SMILES string of the molecule is CSCC[C@H](NC(=O)[C@@H](N)CO)C(=O)NCC(=O)N[C@@H](CCCCN)C(=O)N[C@@H](CC(C)C)C(=O)N[C@@H](Cc1ccc(O)cc1)C(=O)N[C@@H](CO)C(=O)N[C@@H](CC(C)C)C(=O)N[C@@H](CCCCN)C(=O)N[C@@H](CCC(N)=O)C(=O)N[C@@H](CC(=O)O)C(=O)N[C@@H](CC(C)C)C(=O)N[C@@H](CC(C)C)C(=O)N[C@@H](CO)C(=O)N[C@H](C(=O)O)[C@@H](C)O. The van der Waals surface area contributed by atoms with Crippen LogP contribution in [0.25, 0.3) is 0 Å². The zero-order chi connectivity index (χ0) is 88.9. The van der Waals surface area contributed by atoms with Crippen molar-refractivity contribution in [2.75, 3.05) is 51.5 Å². The number of aliphatic carboxylic acids is 2. The molecule has 15 atom stereocenters. The summed E-state index contributed by atoms with van der Waals surface area (Å²) < 4.78 is 0. The Morgan fingerprint density at radius 3 is 1.10 bits per heavy atom. The van der Waals surface area contributed by atoms with E-state index in [1.54, 1.807) is 61.6 Å². The van der Waals surface area contributed by atoms with Gasteiger partial charge in [0.15, 0.2) is 6.04 Å². The van der Waals surface area contributed by atoms with Crippen LogP contribution in [0.5, 0.6) is 5.75 Å². The molecule has 29 N–H and O–H groups in total. The number of carboxylic acid groups (broad SMARTS) is 2. The van der Waals surface area contributed by atoms with Crippen molar-refractivity contribution < 1.29 is 117 Å². The Morgan fingerprint density at radius 1 is 0.402 bits per heavy atom. The number of aliphatic hydroxyl groups is 4. The number of primary amides is 1. The average molecular weight is 1680 g/mol. The van der Waals surface area contributed by atoms with Crippen molar-refractivity contribution in [3.63, 3.8) is 0 Å². The minimum absolute atomic E-state index is 0.00179. The molecular weight excluding hydrogens is 1560 g/mol. The van der Waals surface area contributed by atoms with Gasteiger partial charge in [-0.15, -0.1) is 0 Å². The van der Waals surface area contributed by atoms with Crippen LogP contribution in [0, 0.1) is 23.7 Å². The molecule has 15 amide bonds. The number of unbranched alkanes of at least 4 members (excludes halogenated alkanes) is 2. The van der Waals surface area contributed by atoms with Gasteiger partial charge in [-0.05, 0) is 150 Å². The summed E-state index contributed by atoms with van der Waals surface area (Å²) in [5.41, 5.74) is 23.0. The van der Waals surface area contributed by atoms with Gasteiger partial charge in [-0.3, -0.25) is 76.7 Å². The fourth-order valence-electron chi connectivity index (χ4n) is 11.5. The monoisotopic (exact) mass is 1680 g/mol. The number of hydrogen-bond donors (Lipinski definition) is 25. The Labute approximate surface area is 684 Å². The molecule has 43 heteroatoms. The number of thioether (sulfide) groups is 1. The number of phenols is 1. The minimum Gasteiger partial charge on any atom is -0.508 e. The zero-order valence-corrected chi connectivity index (χ0v) is 68.9. The van der Waals surface area contributed by atoms with Crippen molar-refractivity contribution in [1.82, 2.24) is 74.4 Å². The van der Waals surface area contributed by atoms with Gasteiger partial charge in [-0.1, -0.05) is 67.5 Å². The first-order chi connectivity index (χ1) is 54.9. The fraction of sp³-hybridized carbons (Fsp3) is 0.689. The third-order valence-corrected chi connectivity index (χ3v) is 18.4. The molecule has 0 aromatic heterocycles. The molecule has 117 heavy (non-hydrogen) atoms. The van der Waals surface area contributed by atoms with Gasteiger partial charge in [0.05, 0.1) is 38.9 Å². The quantitative estimate of drug-likeness (QED) is 0.0270. The van der Waals surface area contributed by atoms with E-state index in [1.165, 1.54) is 36.0 Å². The summed E-state index contributed by atoms with van der Waals surface area (Å²) in [5.74, 6) is -19.9. The normalized spacial score (nSPS) is 15.2.